The van der Waals surface area contributed by atoms with Crippen LogP contribution in [0.2, 0.25) is 0 Å². The van der Waals surface area contributed by atoms with Gasteiger partial charge in [-0.3, -0.25) is 19.4 Å². The molecule has 2 rings (SSSR count). The van der Waals surface area contributed by atoms with E-state index < -0.39 is 11.5 Å². The minimum atomic E-state index is -0.580. The number of thioether (sulfide) groups is 1. The lowest BCUT2D eigenvalue weighted by molar-refractivity contribution is -0.119. The average molecular weight is 361 g/mol. The third-order valence-electron chi connectivity index (χ3n) is 2.99. The van der Waals surface area contributed by atoms with E-state index in [-0.39, 0.29) is 34.4 Å². The number of rotatable bonds is 6. The molecule has 0 fully saturated rings. The third kappa shape index (κ3) is 5.35. The molecule has 0 aliphatic carbocycles. The van der Waals surface area contributed by atoms with Crippen molar-refractivity contribution in [3.8, 4) is 0 Å². The van der Waals surface area contributed by atoms with Crippen LogP contribution in [-0.4, -0.2) is 33.6 Å². The van der Waals surface area contributed by atoms with E-state index in [2.05, 4.69) is 20.6 Å². The highest BCUT2D eigenvalue weighted by Gasteiger charge is 2.14. The summed E-state index contributed by atoms with van der Waals surface area (Å²) < 4.78 is 0. The normalized spacial score (nSPS) is 10.5. The molecule has 9 heteroatoms. The predicted octanol–water partition coefficient (Wildman–Crippen LogP) is 1.22. The Morgan fingerprint density at radius 3 is 2.56 bits per heavy atom. The number of anilines is 2. The highest BCUT2D eigenvalue weighted by atomic mass is 32.2. The molecule has 0 saturated heterocycles. The SMILES string of the molecule is CC(C)NC(=O)CSc1nc(N)c(NC(=O)c2ccccc2)c(=O)[nH]1. The molecule has 0 aliphatic rings. The van der Waals surface area contributed by atoms with Gasteiger partial charge in [0.25, 0.3) is 11.5 Å². The Morgan fingerprint density at radius 1 is 1.28 bits per heavy atom. The highest BCUT2D eigenvalue weighted by molar-refractivity contribution is 7.99. The van der Waals surface area contributed by atoms with Gasteiger partial charge < -0.3 is 16.4 Å². The van der Waals surface area contributed by atoms with E-state index in [1.165, 1.54) is 0 Å². The second kappa shape index (κ2) is 8.34. The minimum absolute atomic E-state index is 0.0285. The van der Waals surface area contributed by atoms with E-state index in [0.717, 1.165) is 11.8 Å². The molecule has 0 aliphatic heterocycles. The fourth-order valence-electron chi connectivity index (χ4n) is 1.93. The van der Waals surface area contributed by atoms with Gasteiger partial charge in [0.1, 0.15) is 5.69 Å². The molecule has 5 N–H and O–H groups in total. The van der Waals surface area contributed by atoms with Gasteiger partial charge in [0.15, 0.2) is 11.0 Å². The lowest BCUT2D eigenvalue weighted by atomic mass is 10.2. The van der Waals surface area contributed by atoms with Crippen molar-refractivity contribution in [1.29, 1.82) is 0 Å². The molecule has 1 heterocycles. The summed E-state index contributed by atoms with van der Waals surface area (Å²) in [5, 5.41) is 5.39. The van der Waals surface area contributed by atoms with Crippen LogP contribution in [0.3, 0.4) is 0 Å². The molecule has 0 atom stereocenters. The summed E-state index contributed by atoms with van der Waals surface area (Å²) in [7, 11) is 0. The van der Waals surface area contributed by atoms with E-state index in [1.807, 2.05) is 13.8 Å². The molecule has 0 spiro atoms. The number of benzene rings is 1. The number of nitrogens with zero attached hydrogens (tertiary/aromatic N) is 1. The molecule has 2 aromatic rings. The molecular formula is C16H19N5O3S. The molecule has 2 amide bonds. The number of carbonyl (C=O) groups is 2. The monoisotopic (exact) mass is 361 g/mol. The number of carbonyl (C=O) groups excluding carboxylic acids is 2. The van der Waals surface area contributed by atoms with Gasteiger partial charge in [0, 0.05) is 11.6 Å². The summed E-state index contributed by atoms with van der Waals surface area (Å²) in [6.07, 6.45) is 0. The maximum atomic E-state index is 12.1. The van der Waals surface area contributed by atoms with Gasteiger partial charge in [-0.1, -0.05) is 30.0 Å². The van der Waals surface area contributed by atoms with Crippen molar-refractivity contribution in [1.82, 2.24) is 15.3 Å². The summed E-state index contributed by atoms with van der Waals surface area (Å²) in [5.74, 6) is -0.658. The van der Waals surface area contributed by atoms with Crippen molar-refractivity contribution in [2.45, 2.75) is 25.0 Å². The molecule has 0 bridgehead atoms. The number of nitrogens with two attached hydrogens (primary N) is 1. The molecule has 8 nitrogen and oxygen atoms in total. The van der Waals surface area contributed by atoms with Crippen LogP contribution in [0, 0.1) is 0 Å². The Labute approximate surface area is 148 Å². The molecule has 0 radical (unpaired) electrons. The van der Waals surface area contributed by atoms with E-state index in [0.29, 0.717) is 5.56 Å². The molecule has 0 unspecified atom stereocenters. The van der Waals surface area contributed by atoms with Gasteiger partial charge in [0.2, 0.25) is 5.91 Å². The molecule has 1 aromatic carbocycles. The number of hydrogen-bond donors (Lipinski definition) is 4. The van der Waals surface area contributed by atoms with Gasteiger partial charge in [-0.15, -0.1) is 0 Å². The zero-order valence-corrected chi connectivity index (χ0v) is 14.6. The zero-order chi connectivity index (χ0) is 18.4. The van der Waals surface area contributed by atoms with Gasteiger partial charge >= 0.3 is 0 Å². The lowest BCUT2D eigenvalue weighted by Crippen LogP contribution is -2.31. The molecule has 132 valence electrons. The summed E-state index contributed by atoms with van der Waals surface area (Å²) in [4.78, 5) is 42.4. The fraction of sp³-hybridized carbons (Fsp3) is 0.250. The van der Waals surface area contributed by atoms with Crippen LogP contribution in [0.5, 0.6) is 0 Å². The van der Waals surface area contributed by atoms with Crippen LogP contribution in [0.25, 0.3) is 0 Å². The Bertz CT molecular complexity index is 820. The molecular weight excluding hydrogens is 342 g/mol. The van der Waals surface area contributed by atoms with Gasteiger partial charge in [-0.2, -0.15) is 0 Å². The Hall–Kier alpha value is -2.81. The van der Waals surface area contributed by atoms with Crippen LogP contribution in [0.15, 0.2) is 40.3 Å². The predicted molar refractivity (Wildman–Crippen MR) is 97.7 cm³/mol. The molecule has 1 aromatic heterocycles. The van der Waals surface area contributed by atoms with Crippen molar-refractivity contribution in [3.63, 3.8) is 0 Å². The van der Waals surface area contributed by atoms with Crippen molar-refractivity contribution < 1.29 is 9.59 Å². The maximum Gasteiger partial charge on any atom is 0.277 e. The molecule has 0 saturated carbocycles. The quantitative estimate of drug-likeness (QED) is 0.452. The van der Waals surface area contributed by atoms with Gasteiger partial charge in [0.05, 0.1) is 5.75 Å². The topological polar surface area (TPSA) is 130 Å². The minimum Gasteiger partial charge on any atom is -0.382 e. The first-order valence-corrected chi connectivity index (χ1v) is 8.53. The number of aromatic nitrogens is 2. The Kier molecular flexibility index (Phi) is 6.18. The summed E-state index contributed by atoms with van der Waals surface area (Å²) in [5.41, 5.74) is 5.47. The second-order valence-corrected chi connectivity index (χ2v) is 6.43. The highest BCUT2D eigenvalue weighted by Crippen LogP contribution is 2.17. The van der Waals surface area contributed by atoms with E-state index in [9.17, 15) is 14.4 Å². The van der Waals surface area contributed by atoms with E-state index in [4.69, 9.17) is 5.73 Å². The number of H-pyrrole nitrogens is 1. The smallest absolute Gasteiger partial charge is 0.277 e. The number of hydrogen-bond acceptors (Lipinski definition) is 6. The van der Waals surface area contributed by atoms with Crippen LogP contribution < -0.4 is 21.9 Å². The first-order valence-electron chi connectivity index (χ1n) is 7.55. The van der Waals surface area contributed by atoms with Crippen LogP contribution in [-0.2, 0) is 4.79 Å². The standard InChI is InChI=1S/C16H19N5O3S/c1-9(2)18-11(22)8-25-16-20-13(17)12(15(24)21-16)19-14(23)10-6-4-3-5-7-10/h3-7,9H,8H2,1-2H3,(H,18,22)(H,19,23)(H3,17,20,21,24). The third-order valence-corrected chi connectivity index (χ3v) is 3.86. The van der Waals surface area contributed by atoms with Crippen LogP contribution in [0.1, 0.15) is 24.2 Å². The Balaban J connectivity index is 2.08. The van der Waals surface area contributed by atoms with Gasteiger partial charge in [-0.05, 0) is 26.0 Å². The van der Waals surface area contributed by atoms with Crippen LogP contribution in [0.4, 0.5) is 11.5 Å². The van der Waals surface area contributed by atoms with Crippen molar-refractivity contribution in [2.75, 3.05) is 16.8 Å². The van der Waals surface area contributed by atoms with Crippen molar-refractivity contribution >= 4 is 35.1 Å². The van der Waals surface area contributed by atoms with Crippen molar-refractivity contribution in [2.24, 2.45) is 0 Å². The fourth-order valence-corrected chi connectivity index (χ4v) is 2.61. The van der Waals surface area contributed by atoms with Crippen LogP contribution >= 0.6 is 11.8 Å². The zero-order valence-electron chi connectivity index (χ0n) is 13.8. The first kappa shape index (κ1) is 18.5. The summed E-state index contributed by atoms with van der Waals surface area (Å²) in [6, 6.07) is 8.46. The number of aromatic amines is 1. The van der Waals surface area contributed by atoms with Crippen molar-refractivity contribution in [3.05, 3.63) is 46.2 Å². The number of amides is 2. The molecule has 25 heavy (non-hydrogen) atoms. The average Bonchev–Trinajstić information content (AvgIpc) is 2.56. The summed E-state index contributed by atoms with van der Waals surface area (Å²) >= 11 is 1.05. The summed E-state index contributed by atoms with van der Waals surface area (Å²) in [6.45, 7) is 3.70. The lowest BCUT2D eigenvalue weighted by Gasteiger charge is -2.09. The Morgan fingerprint density at radius 2 is 1.96 bits per heavy atom. The largest absolute Gasteiger partial charge is 0.382 e. The van der Waals surface area contributed by atoms with E-state index in [1.54, 1.807) is 30.3 Å². The van der Waals surface area contributed by atoms with E-state index >= 15 is 0 Å². The van der Waals surface area contributed by atoms with Gasteiger partial charge in [-0.25, -0.2) is 4.98 Å². The first-order chi connectivity index (χ1) is 11.9. The second-order valence-electron chi connectivity index (χ2n) is 5.46. The number of nitrogens with one attached hydrogen (secondary N) is 3. The number of nitrogen functional groups attached to an aromatic ring is 1. The maximum absolute atomic E-state index is 12.1.